The third-order valence-corrected chi connectivity index (χ3v) is 3.86. The largest absolute Gasteiger partial charge is 0.355 e. The number of aromatic nitrogens is 3. The number of hydrogen-bond donors (Lipinski definition) is 0. The highest BCUT2D eigenvalue weighted by molar-refractivity contribution is 7.98. The molecule has 0 spiro atoms. The third-order valence-electron chi connectivity index (χ3n) is 2.70. The highest BCUT2D eigenvalue weighted by Gasteiger charge is 2.04. The minimum atomic E-state index is -0.316. The van der Waals surface area contributed by atoms with Gasteiger partial charge in [-0.2, -0.15) is 4.98 Å². The molecule has 0 bridgehead atoms. The second-order valence-electron chi connectivity index (χ2n) is 4.14. The Hall–Kier alpha value is -1.85. The van der Waals surface area contributed by atoms with Crippen LogP contribution >= 0.6 is 23.4 Å². The molecule has 0 unspecified atom stereocenters. The Morgan fingerprint density at radius 1 is 1.15 bits per heavy atom. The average Bonchev–Trinajstić information content (AvgIpc) is 2.45. The van der Waals surface area contributed by atoms with Crippen molar-refractivity contribution in [2.75, 3.05) is 0 Å². The number of nitrogens with zero attached hydrogens (tertiary/aromatic N) is 3. The number of pyridine rings is 1. The van der Waals surface area contributed by atoms with Crippen LogP contribution in [0.15, 0.2) is 58.6 Å². The average molecular weight is 304 g/mol. The highest BCUT2D eigenvalue weighted by atomic mass is 35.5. The van der Waals surface area contributed by atoms with Crippen LogP contribution in [0.5, 0.6) is 0 Å². The third kappa shape index (κ3) is 2.84. The van der Waals surface area contributed by atoms with Gasteiger partial charge in [0, 0.05) is 17.0 Å². The summed E-state index contributed by atoms with van der Waals surface area (Å²) < 4.78 is 1.42. The van der Waals surface area contributed by atoms with E-state index in [1.54, 1.807) is 18.3 Å². The SMILES string of the molecule is O=c1nc(SCc2cccc(Cl)c2)nc2ccccn12. The van der Waals surface area contributed by atoms with E-state index in [-0.39, 0.29) is 5.69 Å². The second-order valence-corrected chi connectivity index (χ2v) is 5.52. The first kappa shape index (κ1) is 13.1. The van der Waals surface area contributed by atoms with E-state index in [4.69, 9.17) is 11.6 Å². The summed E-state index contributed by atoms with van der Waals surface area (Å²) in [5.74, 6) is 0.670. The molecule has 0 atom stereocenters. The standard InChI is InChI=1S/C14H10ClN3OS/c15-11-5-3-4-10(8-11)9-20-13-16-12-6-1-2-7-18(12)14(19)17-13/h1-8H,9H2. The van der Waals surface area contributed by atoms with Gasteiger partial charge in [0.05, 0.1) is 0 Å². The molecule has 0 amide bonds. The van der Waals surface area contributed by atoms with Gasteiger partial charge >= 0.3 is 5.69 Å². The van der Waals surface area contributed by atoms with Gasteiger partial charge in [-0.25, -0.2) is 9.78 Å². The Morgan fingerprint density at radius 2 is 2.05 bits per heavy atom. The van der Waals surface area contributed by atoms with Gasteiger partial charge < -0.3 is 0 Å². The number of thioether (sulfide) groups is 1. The molecule has 100 valence electrons. The summed E-state index contributed by atoms with van der Waals surface area (Å²) in [6, 6.07) is 13.0. The van der Waals surface area contributed by atoms with Crippen molar-refractivity contribution in [3.8, 4) is 0 Å². The van der Waals surface area contributed by atoms with E-state index in [2.05, 4.69) is 9.97 Å². The van der Waals surface area contributed by atoms with Gasteiger partial charge in [0.1, 0.15) is 5.65 Å². The lowest BCUT2D eigenvalue weighted by atomic mass is 10.2. The van der Waals surface area contributed by atoms with Crippen LogP contribution in [0.2, 0.25) is 5.02 Å². The molecule has 0 fully saturated rings. The molecule has 3 aromatic rings. The Labute approximate surface area is 124 Å². The molecule has 20 heavy (non-hydrogen) atoms. The lowest BCUT2D eigenvalue weighted by Crippen LogP contribution is -2.18. The maximum Gasteiger partial charge on any atom is 0.355 e. The number of halogens is 1. The van der Waals surface area contributed by atoms with E-state index in [0.717, 1.165) is 5.56 Å². The van der Waals surface area contributed by atoms with Crippen LogP contribution in [0.1, 0.15) is 5.56 Å². The number of hydrogen-bond acceptors (Lipinski definition) is 4. The Bertz CT molecular complexity index is 819. The van der Waals surface area contributed by atoms with Crippen LogP contribution in [0.4, 0.5) is 0 Å². The predicted octanol–water partition coefficient (Wildman–Crippen LogP) is 3.04. The second kappa shape index (κ2) is 5.64. The van der Waals surface area contributed by atoms with Crippen molar-refractivity contribution < 1.29 is 0 Å². The fourth-order valence-corrected chi connectivity index (χ4v) is 2.77. The van der Waals surface area contributed by atoms with Gasteiger partial charge in [0.25, 0.3) is 0 Å². The lowest BCUT2D eigenvalue weighted by molar-refractivity contribution is 0.846. The Morgan fingerprint density at radius 3 is 2.90 bits per heavy atom. The van der Waals surface area contributed by atoms with Crippen LogP contribution in [0.3, 0.4) is 0 Å². The van der Waals surface area contributed by atoms with E-state index in [9.17, 15) is 4.79 Å². The fourth-order valence-electron chi connectivity index (χ4n) is 1.78. The summed E-state index contributed by atoms with van der Waals surface area (Å²) in [5.41, 5.74) is 1.35. The quantitative estimate of drug-likeness (QED) is 0.698. The predicted molar refractivity (Wildman–Crippen MR) is 80.3 cm³/mol. The molecule has 1 aromatic carbocycles. The molecular weight excluding hydrogens is 294 g/mol. The van der Waals surface area contributed by atoms with Crippen LogP contribution in [0.25, 0.3) is 5.65 Å². The Balaban J connectivity index is 1.86. The maximum absolute atomic E-state index is 11.8. The Kier molecular flexibility index (Phi) is 3.71. The van der Waals surface area contributed by atoms with Gasteiger partial charge in [0.15, 0.2) is 5.16 Å². The summed E-state index contributed by atoms with van der Waals surface area (Å²) in [4.78, 5) is 20.2. The van der Waals surface area contributed by atoms with Crippen molar-refractivity contribution >= 4 is 29.0 Å². The number of fused-ring (bicyclic) bond motifs is 1. The van der Waals surface area contributed by atoms with Gasteiger partial charge in [-0.05, 0) is 29.8 Å². The van der Waals surface area contributed by atoms with E-state index in [1.807, 2.05) is 30.3 Å². The molecule has 0 radical (unpaired) electrons. The summed E-state index contributed by atoms with van der Waals surface area (Å²) >= 11 is 7.35. The van der Waals surface area contributed by atoms with E-state index < -0.39 is 0 Å². The van der Waals surface area contributed by atoms with Gasteiger partial charge in [0.2, 0.25) is 0 Å². The molecule has 0 saturated carbocycles. The van der Waals surface area contributed by atoms with Crippen LogP contribution < -0.4 is 5.69 Å². The molecule has 2 heterocycles. The monoisotopic (exact) mass is 303 g/mol. The molecule has 6 heteroatoms. The van der Waals surface area contributed by atoms with E-state index in [0.29, 0.717) is 21.6 Å². The van der Waals surface area contributed by atoms with Gasteiger partial charge in [-0.3, -0.25) is 4.40 Å². The molecular formula is C14H10ClN3OS. The normalized spacial score (nSPS) is 10.8. The maximum atomic E-state index is 11.8. The molecule has 2 aromatic heterocycles. The zero-order valence-electron chi connectivity index (χ0n) is 10.4. The lowest BCUT2D eigenvalue weighted by Gasteiger charge is -2.03. The van der Waals surface area contributed by atoms with E-state index in [1.165, 1.54) is 16.2 Å². The molecule has 0 aliphatic rings. The first-order valence-corrected chi connectivity index (χ1v) is 7.31. The highest BCUT2D eigenvalue weighted by Crippen LogP contribution is 2.20. The molecule has 0 N–H and O–H groups in total. The number of rotatable bonds is 3. The molecule has 0 saturated heterocycles. The van der Waals surface area contributed by atoms with Crippen molar-refractivity contribution in [2.24, 2.45) is 0 Å². The van der Waals surface area contributed by atoms with Gasteiger partial charge in [-0.15, -0.1) is 0 Å². The summed E-state index contributed by atoms with van der Waals surface area (Å²) in [6.07, 6.45) is 1.66. The zero-order chi connectivity index (χ0) is 13.9. The van der Waals surface area contributed by atoms with Crippen molar-refractivity contribution in [3.63, 3.8) is 0 Å². The molecule has 0 aliphatic heterocycles. The summed E-state index contributed by atoms with van der Waals surface area (Å²) in [5, 5.41) is 1.17. The van der Waals surface area contributed by atoms with Crippen LogP contribution in [0, 0.1) is 0 Å². The topological polar surface area (TPSA) is 47.3 Å². The van der Waals surface area contributed by atoms with Crippen molar-refractivity contribution in [1.82, 2.24) is 14.4 Å². The van der Waals surface area contributed by atoms with Crippen LogP contribution in [-0.2, 0) is 5.75 Å². The van der Waals surface area contributed by atoms with Gasteiger partial charge in [-0.1, -0.05) is 41.6 Å². The molecule has 4 nitrogen and oxygen atoms in total. The summed E-state index contributed by atoms with van der Waals surface area (Å²) in [6.45, 7) is 0. The minimum Gasteiger partial charge on any atom is -0.251 e. The molecule has 0 aliphatic carbocycles. The smallest absolute Gasteiger partial charge is 0.251 e. The van der Waals surface area contributed by atoms with E-state index >= 15 is 0 Å². The van der Waals surface area contributed by atoms with Crippen molar-refractivity contribution in [3.05, 3.63) is 69.7 Å². The molecule has 3 rings (SSSR count). The van der Waals surface area contributed by atoms with Crippen molar-refractivity contribution in [2.45, 2.75) is 10.9 Å². The summed E-state index contributed by atoms with van der Waals surface area (Å²) in [7, 11) is 0. The van der Waals surface area contributed by atoms with Crippen LogP contribution in [-0.4, -0.2) is 14.4 Å². The first-order valence-electron chi connectivity index (χ1n) is 5.95. The first-order chi connectivity index (χ1) is 9.72. The van der Waals surface area contributed by atoms with Crippen molar-refractivity contribution in [1.29, 1.82) is 0 Å². The fraction of sp³-hybridized carbons (Fsp3) is 0.0714. The zero-order valence-corrected chi connectivity index (χ0v) is 11.9. The number of benzene rings is 1. The minimum absolute atomic E-state index is 0.316.